The van der Waals surface area contributed by atoms with Gasteiger partial charge in [0.15, 0.2) is 11.0 Å². The number of anilines is 1. The highest BCUT2D eigenvalue weighted by Crippen LogP contribution is 2.21. The summed E-state index contributed by atoms with van der Waals surface area (Å²) in [6, 6.07) is 10.3. The SMILES string of the molecule is CNc1nc(CN2CCc3nnc(-c4ccccc4)n3CC2)cs1. The van der Waals surface area contributed by atoms with E-state index in [9.17, 15) is 0 Å². The third kappa shape index (κ3) is 3.05. The van der Waals surface area contributed by atoms with Gasteiger partial charge in [0.2, 0.25) is 0 Å². The molecule has 3 heterocycles. The van der Waals surface area contributed by atoms with E-state index in [1.807, 2.05) is 25.2 Å². The van der Waals surface area contributed by atoms with Crippen molar-refractivity contribution in [2.45, 2.75) is 19.5 Å². The number of nitrogens with zero attached hydrogens (tertiary/aromatic N) is 5. The monoisotopic (exact) mass is 340 g/mol. The molecule has 0 unspecified atom stereocenters. The van der Waals surface area contributed by atoms with Crippen LogP contribution < -0.4 is 5.32 Å². The van der Waals surface area contributed by atoms with Gasteiger partial charge in [-0.2, -0.15) is 0 Å². The van der Waals surface area contributed by atoms with Gasteiger partial charge < -0.3 is 9.88 Å². The predicted octanol–water partition coefficient (Wildman–Crippen LogP) is 2.50. The van der Waals surface area contributed by atoms with Crippen molar-refractivity contribution >= 4 is 16.5 Å². The van der Waals surface area contributed by atoms with E-state index in [0.717, 1.165) is 60.6 Å². The molecule has 0 amide bonds. The molecule has 0 fully saturated rings. The summed E-state index contributed by atoms with van der Waals surface area (Å²) in [5, 5.41) is 15.0. The number of benzene rings is 1. The smallest absolute Gasteiger partial charge is 0.182 e. The molecule has 6 nitrogen and oxygen atoms in total. The maximum Gasteiger partial charge on any atom is 0.182 e. The first-order chi connectivity index (χ1) is 11.8. The summed E-state index contributed by atoms with van der Waals surface area (Å²) in [7, 11) is 1.91. The predicted molar refractivity (Wildman–Crippen MR) is 96.1 cm³/mol. The van der Waals surface area contributed by atoms with Crippen molar-refractivity contribution in [1.29, 1.82) is 0 Å². The lowest BCUT2D eigenvalue weighted by Gasteiger charge is -2.18. The second-order valence-electron chi connectivity index (χ2n) is 5.88. The average Bonchev–Trinajstić information content (AvgIpc) is 3.20. The molecule has 1 aliphatic heterocycles. The van der Waals surface area contributed by atoms with Crippen LogP contribution in [0.2, 0.25) is 0 Å². The Bertz CT molecular complexity index is 810. The molecule has 24 heavy (non-hydrogen) atoms. The third-order valence-corrected chi connectivity index (χ3v) is 5.21. The summed E-state index contributed by atoms with van der Waals surface area (Å²) in [6.07, 6.45) is 0.919. The van der Waals surface area contributed by atoms with Gasteiger partial charge >= 0.3 is 0 Å². The maximum absolute atomic E-state index is 4.59. The molecule has 0 saturated heterocycles. The standard InChI is InChI=1S/C17H20N6S/c1-18-17-19-14(12-24-17)11-22-8-7-15-20-21-16(23(15)10-9-22)13-5-3-2-4-6-13/h2-6,12H,7-11H2,1H3,(H,18,19). The first-order valence-electron chi connectivity index (χ1n) is 8.15. The van der Waals surface area contributed by atoms with E-state index < -0.39 is 0 Å². The topological polar surface area (TPSA) is 58.9 Å². The molecule has 4 rings (SSSR count). The first kappa shape index (κ1) is 15.3. The fourth-order valence-corrected chi connectivity index (χ4v) is 3.71. The molecule has 0 aliphatic carbocycles. The van der Waals surface area contributed by atoms with Crippen LogP contribution in [0.1, 0.15) is 11.5 Å². The molecule has 2 aromatic heterocycles. The number of rotatable bonds is 4. The van der Waals surface area contributed by atoms with Crippen LogP contribution in [0.5, 0.6) is 0 Å². The summed E-state index contributed by atoms with van der Waals surface area (Å²) in [6.45, 7) is 3.77. The van der Waals surface area contributed by atoms with Crippen molar-refractivity contribution in [3.63, 3.8) is 0 Å². The maximum atomic E-state index is 4.59. The molecule has 124 valence electrons. The highest BCUT2D eigenvalue weighted by Gasteiger charge is 2.20. The van der Waals surface area contributed by atoms with Crippen LogP contribution in [0.3, 0.4) is 0 Å². The van der Waals surface area contributed by atoms with E-state index in [4.69, 9.17) is 0 Å². The van der Waals surface area contributed by atoms with Crippen molar-refractivity contribution in [3.8, 4) is 11.4 Å². The highest BCUT2D eigenvalue weighted by molar-refractivity contribution is 7.13. The van der Waals surface area contributed by atoms with E-state index in [0.29, 0.717) is 0 Å². The van der Waals surface area contributed by atoms with Crippen LogP contribution >= 0.6 is 11.3 Å². The highest BCUT2D eigenvalue weighted by atomic mass is 32.1. The fourth-order valence-electron chi connectivity index (χ4n) is 3.05. The van der Waals surface area contributed by atoms with Crippen molar-refractivity contribution in [3.05, 3.63) is 47.2 Å². The van der Waals surface area contributed by atoms with E-state index in [-0.39, 0.29) is 0 Å². The molecule has 7 heteroatoms. The van der Waals surface area contributed by atoms with Crippen LogP contribution in [0.25, 0.3) is 11.4 Å². The summed E-state index contributed by atoms with van der Waals surface area (Å²) in [5.41, 5.74) is 2.26. The summed E-state index contributed by atoms with van der Waals surface area (Å²) in [4.78, 5) is 7.03. The van der Waals surface area contributed by atoms with Gasteiger partial charge in [-0.25, -0.2) is 4.98 Å². The molecule has 0 saturated carbocycles. The minimum absolute atomic E-state index is 0.886. The zero-order valence-corrected chi connectivity index (χ0v) is 14.5. The second kappa shape index (κ2) is 6.70. The van der Waals surface area contributed by atoms with Gasteiger partial charge in [0.05, 0.1) is 5.69 Å². The van der Waals surface area contributed by atoms with Gasteiger partial charge in [0, 0.05) is 50.6 Å². The van der Waals surface area contributed by atoms with Gasteiger partial charge in [-0.3, -0.25) is 4.90 Å². The van der Waals surface area contributed by atoms with Crippen LogP contribution in [0.4, 0.5) is 5.13 Å². The molecular formula is C17H20N6S. The number of hydrogen-bond donors (Lipinski definition) is 1. The molecule has 0 radical (unpaired) electrons. The Kier molecular flexibility index (Phi) is 4.27. The molecular weight excluding hydrogens is 320 g/mol. The van der Waals surface area contributed by atoms with Crippen LogP contribution in [0.15, 0.2) is 35.7 Å². The molecule has 1 aliphatic rings. The van der Waals surface area contributed by atoms with Crippen LogP contribution in [0, 0.1) is 0 Å². The first-order valence-corrected chi connectivity index (χ1v) is 9.03. The van der Waals surface area contributed by atoms with Gasteiger partial charge in [-0.1, -0.05) is 30.3 Å². The van der Waals surface area contributed by atoms with E-state index >= 15 is 0 Å². The third-order valence-electron chi connectivity index (χ3n) is 4.30. The van der Waals surface area contributed by atoms with Gasteiger partial charge in [0.25, 0.3) is 0 Å². The van der Waals surface area contributed by atoms with Crippen molar-refractivity contribution in [2.24, 2.45) is 0 Å². The quantitative estimate of drug-likeness (QED) is 0.791. The van der Waals surface area contributed by atoms with Crippen molar-refractivity contribution < 1.29 is 0 Å². The lowest BCUT2D eigenvalue weighted by Crippen LogP contribution is -2.26. The molecule has 1 N–H and O–H groups in total. The average molecular weight is 340 g/mol. The number of aromatic nitrogens is 4. The molecule has 0 spiro atoms. The van der Waals surface area contributed by atoms with Crippen LogP contribution in [-0.2, 0) is 19.5 Å². The summed E-state index contributed by atoms with van der Waals surface area (Å²) >= 11 is 1.66. The van der Waals surface area contributed by atoms with Crippen molar-refractivity contribution in [2.75, 3.05) is 25.5 Å². The van der Waals surface area contributed by atoms with E-state index in [2.05, 4.69) is 47.5 Å². The largest absolute Gasteiger partial charge is 0.365 e. The number of fused-ring (bicyclic) bond motifs is 1. The fraction of sp³-hybridized carbons (Fsp3) is 0.353. The second-order valence-corrected chi connectivity index (χ2v) is 6.74. The molecule has 1 aromatic carbocycles. The molecule has 3 aromatic rings. The Labute approximate surface area is 145 Å². The molecule has 0 atom stereocenters. The zero-order chi connectivity index (χ0) is 16.4. The Morgan fingerprint density at radius 1 is 1.12 bits per heavy atom. The zero-order valence-electron chi connectivity index (χ0n) is 13.6. The van der Waals surface area contributed by atoms with Gasteiger partial charge in [0.1, 0.15) is 5.82 Å². The Morgan fingerprint density at radius 2 is 2.00 bits per heavy atom. The van der Waals surface area contributed by atoms with Gasteiger partial charge in [-0.15, -0.1) is 21.5 Å². The summed E-state index contributed by atoms with van der Waals surface area (Å²) in [5.74, 6) is 2.05. The number of nitrogens with one attached hydrogen (secondary N) is 1. The van der Waals surface area contributed by atoms with Crippen molar-refractivity contribution in [1.82, 2.24) is 24.6 Å². The number of hydrogen-bond acceptors (Lipinski definition) is 6. The Balaban J connectivity index is 1.49. The van der Waals surface area contributed by atoms with Crippen LogP contribution in [-0.4, -0.2) is 44.8 Å². The van der Waals surface area contributed by atoms with Gasteiger partial charge in [-0.05, 0) is 0 Å². The summed E-state index contributed by atoms with van der Waals surface area (Å²) < 4.78 is 2.26. The number of thiazole rings is 1. The normalized spacial score (nSPS) is 15.0. The Hall–Kier alpha value is -2.25. The minimum Gasteiger partial charge on any atom is -0.365 e. The Morgan fingerprint density at radius 3 is 2.79 bits per heavy atom. The minimum atomic E-state index is 0.886. The molecule has 0 bridgehead atoms. The lowest BCUT2D eigenvalue weighted by molar-refractivity contribution is 0.269. The van der Waals surface area contributed by atoms with E-state index in [1.165, 1.54) is 0 Å². The van der Waals surface area contributed by atoms with E-state index in [1.54, 1.807) is 11.3 Å². The lowest BCUT2D eigenvalue weighted by atomic mass is 10.2.